The normalized spacial score (nSPS) is 9.65. The molecule has 1 aromatic carbocycles. The Labute approximate surface area is 108 Å². The van der Waals surface area contributed by atoms with Crippen molar-refractivity contribution >= 4 is 21.7 Å². The van der Waals surface area contributed by atoms with E-state index in [2.05, 4.69) is 32.3 Å². The van der Waals surface area contributed by atoms with Crippen LogP contribution >= 0.6 is 15.9 Å². The molecule has 1 heterocycles. The summed E-state index contributed by atoms with van der Waals surface area (Å²) < 4.78 is 1.05. The average molecular weight is 288 g/mol. The number of nitrogens with zero attached hydrogens (tertiary/aromatic N) is 2. The van der Waals surface area contributed by atoms with Gasteiger partial charge in [-0.2, -0.15) is 5.26 Å². The van der Waals surface area contributed by atoms with E-state index in [9.17, 15) is 0 Å². The van der Waals surface area contributed by atoms with Gasteiger partial charge in [0.15, 0.2) is 0 Å². The highest BCUT2D eigenvalue weighted by molar-refractivity contribution is 9.10. The van der Waals surface area contributed by atoms with E-state index in [1.807, 2.05) is 24.3 Å². The molecular formula is C13H10BrN3. The SMILES string of the molecule is N#Cc1ccnc(NCc2cccc(Br)c2)c1. The van der Waals surface area contributed by atoms with Gasteiger partial charge in [0.1, 0.15) is 5.82 Å². The van der Waals surface area contributed by atoms with Crippen molar-refractivity contribution in [3.8, 4) is 6.07 Å². The molecule has 2 rings (SSSR count). The van der Waals surface area contributed by atoms with Gasteiger partial charge in [0.05, 0.1) is 11.6 Å². The molecule has 0 unspecified atom stereocenters. The first kappa shape index (κ1) is 11.6. The fourth-order valence-corrected chi connectivity index (χ4v) is 1.88. The van der Waals surface area contributed by atoms with E-state index in [0.717, 1.165) is 10.0 Å². The Hall–Kier alpha value is -1.86. The van der Waals surface area contributed by atoms with Crippen LogP contribution in [-0.4, -0.2) is 4.98 Å². The molecule has 0 atom stereocenters. The lowest BCUT2D eigenvalue weighted by molar-refractivity contribution is 1.11. The van der Waals surface area contributed by atoms with Gasteiger partial charge in [0, 0.05) is 17.2 Å². The zero-order chi connectivity index (χ0) is 12.1. The molecule has 3 nitrogen and oxygen atoms in total. The van der Waals surface area contributed by atoms with Gasteiger partial charge in [-0.05, 0) is 29.8 Å². The summed E-state index contributed by atoms with van der Waals surface area (Å²) in [5, 5.41) is 12.0. The molecule has 0 radical (unpaired) electrons. The van der Waals surface area contributed by atoms with Crippen LogP contribution in [0.2, 0.25) is 0 Å². The van der Waals surface area contributed by atoms with E-state index in [0.29, 0.717) is 17.9 Å². The van der Waals surface area contributed by atoms with E-state index >= 15 is 0 Å². The zero-order valence-electron chi connectivity index (χ0n) is 9.02. The highest BCUT2D eigenvalue weighted by Crippen LogP contribution is 2.13. The summed E-state index contributed by atoms with van der Waals surface area (Å²) in [6.45, 7) is 0.682. The summed E-state index contributed by atoms with van der Waals surface area (Å²) in [7, 11) is 0. The second-order valence-electron chi connectivity index (χ2n) is 3.53. The molecule has 0 aliphatic rings. The van der Waals surface area contributed by atoms with Crippen molar-refractivity contribution in [2.45, 2.75) is 6.54 Å². The standard InChI is InChI=1S/C13H10BrN3/c14-12-3-1-2-11(6-12)9-17-13-7-10(8-15)4-5-16-13/h1-7H,9H2,(H,16,17). The number of halogens is 1. The van der Waals surface area contributed by atoms with Crippen molar-refractivity contribution in [1.82, 2.24) is 4.98 Å². The number of hydrogen-bond donors (Lipinski definition) is 1. The minimum atomic E-state index is 0.608. The molecule has 0 bridgehead atoms. The maximum atomic E-state index is 8.77. The van der Waals surface area contributed by atoms with Gasteiger partial charge in [-0.25, -0.2) is 4.98 Å². The molecule has 17 heavy (non-hydrogen) atoms. The minimum absolute atomic E-state index is 0.608. The highest BCUT2D eigenvalue weighted by atomic mass is 79.9. The van der Waals surface area contributed by atoms with E-state index in [-0.39, 0.29) is 0 Å². The molecule has 1 N–H and O–H groups in total. The van der Waals surface area contributed by atoms with Crippen LogP contribution in [0.5, 0.6) is 0 Å². The fourth-order valence-electron chi connectivity index (χ4n) is 1.44. The topological polar surface area (TPSA) is 48.7 Å². The monoisotopic (exact) mass is 287 g/mol. The van der Waals surface area contributed by atoms with Gasteiger partial charge in [0.25, 0.3) is 0 Å². The number of rotatable bonds is 3. The van der Waals surface area contributed by atoms with Gasteiger partial charge >= 0.3 is 0 Å². The first-order valence-electron chi connectivity index (χ1n) is 5.12. The zero-order valence-corrected chi connectivity index (χ0v) is 10.6. The first-order chi connectivity index (χ1) is 8.28. The van der Waals surface area contributed by atoms with Gasteiger partial charge in [-0.15, -0.1) is 0 Å². The Morgan fingerprint density at radius 3 is 2.94 bits per heavy atom. The van der Waals surface area contributed by atoms with E-state index in [1.54, 1.807) is 18.3 Å². The van der Waals surface area contributed by atoms with Crippen LogP contribution in [0.1, 0.15) is 11.1 Å². The minimum Gasteiger partial charge on any atom is -0.366 e. The van der Waals surface area contributed by atoms with E-state index in [1.165, 1.54) is 0 Å². The predicted octanol–water partition coefficient (Wildman–Crippen LogP) is 3.33. The summed E-state index contributed by atoms with van der Waals surface area (Å²) in [6.07, 6.45) is 1.63. The van der Waals surface area contributed by atoms with Crippen molar-refractivity contribution in [2.24, 2.45) is 0 Å². The molecule has 0 fully saturated rings. The first-order valence-corrected chi connectivity index (χ1v) is 5.92. The van der Waals surface area contributed by atoms with Crippen LogP contribution < -0.4 is 5.32 Å². The molecule has 84 valence electrons. The molecule has 4 heteroatoms. The Morgan fingerprint density at radius 2 is 2.18 bits per heavy atom. The Kier molecular flexibility index (Phi) is 3.73. The molecule has 0 aliphatic heterocycles. The Morgan fingerprint density at radius 1 is 1.29 bits per heavy atom. The molecule has 0 aliphatic carbocycles. The lowest BCUT2D eigenvalue weighted by Gasteiger charge is -2.05. The van der Waals surface area contributed by atoms with Crippen molar-refractivity contribution in [1.29, 1.82) is 5.26 Å². The maximum Gasteiger partial charge on any atom is 0.127 e. The molecular weight excluding hydrogens is 278 g/mol. The van der Waals surface area contributed by atoms with Crippen LogP contribution in [0, 0.1) is 11.3 Å². The molecule has 0 amide bonds. The fraction of sp³-hybridized carbons (Fsp3) is 0.0769. The lowest BCUT2D eigenvalue weighted by Crippen LogP contribution is -2.01. The third-order valence-corrected chi connectivity index (χ3v) is 2.74. The predicted molar refractivity (Wildman–Crippen MR) is 70.4 cm³/mol. The number of pyridine rings is 1. The molecule has 1 aromatic heterocycles. The third kappa shape index (κ3) is 3.30. The second kappa shape index (κ2) is 5.46. The van der Waals surface area contributed by atoms with Gasteiger partial charge in [0.2, 0.25) is 0 Å². The van der Waals surface area contributed by atoms with E-state index in [4.69, 9.17) is 5.26 Å². The number of nitrogens with one attached hydrogen (secondary N) is 1. The highest BCUT2D eigenvalue weighted by Gasteiger charge is 1.97. The van der Waals surface area contributed by atoms with Crippen LogP contribution in [0.4, 0.5) is 5.82 Å². The third-order valence-electron chi connectivity index (χ3n) is 2.25. The van der Waals surface area contributed by atoms with Crippen molar-refractivity contribution < 1.29 is 0 Å². The quantitative estimate of drug-likeness (QED) is 0.942. The molecule has 2 aromatic rings. The maximum absolute atomic E-state index is 8.77. The van der Waals surface area contributed by atoms with Crippen LogP contribution in [0.25, 0.3) is 0 Å². The summed E-state index contributed by atoms with van der Waals surface area (Å²) in [5.41, 5.74) is 1.76. The molecule has 0 saturated carbocycles. The molecule has 0 spiro atoms. The van der Waals surface area contributed by atoms with Gasteiger partial charge < -0.3 is 5.32 Å². The van der Waals surface area contributed by atoms with Gasteiger partial charge in [-0.3, -0.25) is 0 Å². The number of hydrogen-bond acceptors (Lipinski definition) is 3. The van der Waals surface area contributed by atoms with Crippen LogP contribution in [0.15, 0.2) is 47.1 Å². The number of nitriles is 1. The number of aromatic nitrogens is 1. The smallest absolute Gasteiger partial charge is 0.127 e. The van der Waals surface area contributed by atoms with Crippen molar-refractivity contribution in [2.75, 3.05) is 5.32 Å². The lowest BCUT2D eigenvalue weighted by atomic mass is 10.2. The number of benzene rings is 1. The summed E-state index contributed by atoms with van der Waals surface area (Å²) in [6, 6.07) is 13.6. The average Bonchev–Trinajstić information content (AvgIpc) is 2.37. The van der Waals surface area contributed by atoms with Crippen LogP contribution in [0.3, 0.4) is 0 Å². The Bertz CT molecular complexity index is 561. The van der Waals surface area contributed by atoms with Crippen molar-refractivity contribution in [3.05, 3.63) is 58.2 Å². The Balaban J connectivity index is 2.05. The second-order valence-corrected chi connectivity index (χ2v) is 4.44. The number of anilines is 1. The van der Waals surface area contributed by atoms with Crippen LogP contribution in [-0.2, 0) is 6.54 Å². The van der Waals surface area contributed by atoms with Gasteiger partial charge in [-0.1, -0.05) is 28.1 Å². The van der Waals surface area contributed by atoms with E-state index < -0.39 is 0 Å². The summed E-state index contributed by atoms with van der Waals surface area (Å²) in [4.78, 5) is 4.15. The molecule has 0 saturated heterocycles. The van der Waals surface area contributed by atoms with Crippen molar-refractivity contribution in [3.63, 3.8) is 0 Å². The summed E-state index contributed by atoms with van der Waals surface area (Å²) in [5.74, 6) is 0.712. The largest absolute Gasteiger partial charge is 0.366 e. The summed E-state index contributed by atoms with van der Waals surface area (Å²) >= 11 is 3.42.